The van der Waals surface area contributed by atoms with Crippen molar-refractivity contribution < 1.29 is 42.7 Å². The summed E-state index contributed by atoms with van der Waals surface area (Å²) in [5.74, 6) is -1.41. The number of hydrogen-bond acceptors (Lipinski definition) is 7. The summed E-state index contributed by atoms with van der Waals surface area (Å²) >= 11 is 0. The normalized spacial score (nSPS) is 13.8. The monoisotopic (exact) mass is 610 g/mol. The van der Waals surface area contributed by atoms with Crippen LogP contribution in [0.4, 0.5) is 4.79 Å². The van der Waals surface area contributed by atoms with Gasteiger partial charge in [0, 0.05) is 12.3 Å². The molecule has 0 unspecified atom stereocenters. The summed E-state index contributed by atoms with van der Waals surface area (Å²) in [5, 5.41) is 5.30. The molecule has 0 aromatic heterocycles. The molecule has 0 bridgehead atoms. The van der Waals surface area contributed by atoms with E-state index < -0.39 is 37.9 Å². The Morgan fingerprint density at radius 2 is 1.44 bits per heavy atom. The lowest BCUT2D eigenvalue weighted by Gasteiger charge is -2.23. The van der Waals surface area contributed by atoms with Gasteiger partial charge in [-0.25, -0.2) is 14.2 Å². The van der Waals surface area contributed by atoms with E-state index in [9.17, 15) is 18.9 Å². The molecule has 0 fully saturated rings. The summed E-state index contributed by atoms with van der Waals surface area (Å²) in [6.45, 7) is 3.84. The molecule has 2 atom stereocenters. The van der Waals surface area contributed by atoms with E-state index >= 15 is 0 Å². The molecule has 4 N–H and O–H groups in total. The number of carbonyl (C=O) groups is 3. The second kappa shape index (κ2) is 13.9. The Morgan fingerprint density at radius 3 is 1.98 bits per heavy atom. The largest absolute Gasteiger partial charge is 0.524 e. The third-order valence-electron chi connectivity index (χ3n) is 7.05. The van der Waals surface area contributed by atoms with Crippen LogP contribution in [-0.2, 0) is 30.0 Å². The lowest BCUT2D eigenvalue weighted by molar-refractivity contribution is -0.145. The molecule has 4 rings (SSSR count). The fourth-order valence-corrected chi connectivity index (χ4v) is 5.55. The van der Waals surface area contributed by atoms with Crippen LogP contribution in [0.1, 0.15) is 42.9 Å². The van der Waals surface area contributed by atoms with Gasteiger partial charge in [-0.1, -0.05) is 74.5 Å². The fraction of sp³-hybridized carbons (Fsp3) is 0.323. The van der Waals surface area contributed by atoms with E-state index in [1.165, 1.54) is 31.4 Å². The van der Waals surface area contributed by atoms with E-state index in [1.54, 1.807) is 0 Å². The van der Waals surface area contributed by atoms with Crippen molar-refractivity contribution in [2.45, 2.75) is 44.7 Å². The number of fused-ring (bicyclic) bond motifs is 3. The molecule has 3 aromatic carbocycles. The summed E-state index contributed by atoms with van der Waals surface area (Å²) in [7, 11) is -3.51. The van der Waals surface area contributed by atoms with Gasteiger partial charge in [0.1, 0.15) is 24.4 Å². The third kappa shape index (κ3) is 8.44. The van der Waals surface area contributed by atoms with Gasteiger partial charge in [-0.05, 0) is 52.3 Å². The van der Waals surface area contributed by atoms with Crippen LogP contribution in [0.25, 0.3) is 11.1 Å². The maximum atomic E-state index is 13.4. The number of methoxy groups -OCH3 is 1. The Kier molecular flexibility index (Phi) is 10.2. The molecule has 0 spiro atoms. The molecule has 0 heterocycles. The van der Waals surface area contributed by atoms with Crippen LogP contribution in [0.3, 0.4) is 0 Å². The van der Waals surface area contributed by atoms with Crippen LogP contribution in [-0.4, -0.2) is 53.6 Å². The van der Waals surface area contributed by atoms with Crippen molar-refractivity contribution in [3.8, 4) is 16.9 Å². The molecular weight excluding hydrogens is 575 g/mol. The van der Waals surface area contributed by atoms with Crippen LogP contribution in [0.5, 0.6) is 5.75 Å². The maximum Gasteiger partial charge on any atom is 0.524 e. The minimum atomic E-state index is -4.74. The molecule has 0 saturated carbocycles. The van der Waals surface area contributed by atoms with Crippen molar-refractivity contribution >= 4 is 25.8 Å². The lowest BCUT2D eigenvalue weighted by atomic mass is 9.98. The van der Waals surface area contributed by atoms with Gasteiger partial charge in [0.2, 0.25) is 5.91 Å². The topological polar surface area (TPSA) is 160 Å². The average Bonchev–Trinajstić information content (AvgIpc) is 3.28. The van der Waals surface area contributed by atoms with Crippen molar-refractivity contribution in [3.63, 3.8) is 0 Å². The van der Waals surface area contributed by atoms with Crippen molar-refractivity contribution in [2.24, 2.45) is 5.92 Å². The molecule has 43 heavy (non-hydrogen) atoms. The number of amides is 2. The first-order valence-electron chi connectivity index (χ1n) is 13.8. The number of benzene rings is 3. The van der Waals surface area contributed by atoms with Gasteiger partial charge in [-0.2, -0.15) is 0 Å². The predicted molar refractivity (Wildman–Crippen MR) is 158 cm³/mol. The van der Waals surface area contributed by atoms with Crippen LogP contribution in [0.15, 0.2) is 72.8 Å². The molecule has 1 aliphatic carbocycles. The zero-order valence-corrected chi connectivity index (χ0v) is 25.0. The smallest absolute Gasteiger partial charge is 0.467 e. The second-order valence-corrected chi connectivity index (χ2v) is 11.8. The van der Waals surface area contributed by atoms with Gasteiger partial charge in [-0.15, -0.1) is 0 Å². The summed E-state index contributed by atoms with van der Waals surface area (Å²) in [4.78, 5) is 57.0. The number of phosphoric acid groups is 1. The maximum absolute atomic E-state index is 13.4. The molecule has 0 saturated heterocycles. The predicted octanol–water partition coefficient (Wildman–Crippen LogP) is 4.31. The first-order chi connectivity index (χ1) is 20.4. The van der Waals surface area contributed by atoms with E-state index in [1.807, 2.05) is 62.4 Å². The Bertz CT molecular complexity index is 1460. The zero-order chi connectivity index (χ0) is 31.1. The highest BCUT2D eigenvalue weighted by atomic mass is 31.2. The quantitative estimate of drug-likeness (QED) is 0.173. The van der Waals surface area contributed by atoms with Crippen molar-refractivity contribution in [3.05, 3.63) is 89.5 Å². The van der Waals surface area contributed by atoms with E-state index in [2.05, 4.69) is 15.2 Å². The van der Waals surface area contributed by atoms with Crippen molar-refractivity contribution in [1.82, 2.24) is 10.6 Å². The highest BCUT2D eigenvalue weighted by molar-refractivity contribution is 7.46. The van der Waals surface area contributed by atoms with E-state index in [0.717, 1.165) is 22.3 Å². The summed E-state index contributed by atoms with van der Waals surface area (Å²) in [5.41, 5.74) is 4.79. The number of carbonyl (C=O) groups excluding carboxylic acids is 3. The number of phosphoric ester groups is 1. The number of alkyl carbamates (subject to hydrolysis) is 1. The Hall–Kier alpha value is -4.18. The minimum Gasteiger partial charge on any atom is -0.467 e. The first-order valence-corrected chi connectivity index (χ1v) is 15.3. The van der Waals surface area contributed by atoms with Gasteiger partial charge in [0.15, 0.2) is 0 Å². The number of ether oxygens (including phenoxy) is 2. The molecule has 0 radical (unpaired) electrons. The molecule has 2 amide bonds. The van der Waals surface area contributed by atoms with E-state index in [0.29, 0.717) is 12.0 Å². The fourth-order valence-electron chi connectivity index (χ4n) is 5.15. The standard InChI is InChI=1S/C31H35N2O9P/c1-19(2)16-28(30(35)40-3)32-29(34)27(17-20-12-14-21(15-13-20)42-43(37,38)39)33-31(36)41-18-26-24-10-6-4-8-22(24)23-9-5-7-11-25(23)26/h4-15,19,26-28H,16-18H2,1-3H3,(H,32,34)(H,33,36)(H2,37,38,39)/t27-,28-/m0/s1. The molecule has 12 heteroatoms. The van der Waals surface area contributed by atoms with Crippen molar-refractivity contribution in [1.29, 1.82) is 0 Å². The molecular formula is C31H35N2O9P. The molecule has 11 nitrogen and oxygen atoms in total. The number of rotatable bonds is 12. The Morgan fingerprint density at radius 1 is 0.860 bits per heavy atom. The van der Waals surface area contributed by atoms with Gasteiger partial charge in [0.05, 0.1) is 7.11 Å². The van der Waals surface area contributed by atoms with Crippen molar-refractivity contribution in [2.75, 3.05) is 13.7 Å². The third-order valence-corrected chi connectivity index (χ3v) is 7.50. The van der Waals surface area contributed by atoms with E-state index in [-0.39, 0.29) is 30.6 Å². The summed E-state index contributed by atoms with van der Waals surface area (Å²) in [6, 6.07) is 19.5. The van der Waals surface area contributed by atoms with Crippen LogP contribution >= 0.6 is 7.82 Å². The van der Waals surface area contributed by atoms with Gasteiger partial charge in [0.25, 0.3) is 0 Å². The molecule has 1 aliphatic rings. The minimum absolute atomic E-state index is 0.0121. The van der Waals surface area contributed by atoms with Crippen LogP contribution < -0.4 is 15.2 Å². The van der Waals surface area contributed by atoms with Crippen LogP contribution in [0.2, 0.25) is 0 Å². The summed E-state index contributed by atoms with van der Waals surface area (Å²) < 4.78 is 26.2. The number of nitrogens with one attached hydrogen (secondary N) is 2. The highest BCUT2D eigenvalue weighted by Crippen LogP contribution is 2.44. The van der Waals surface area contributed by atoms with E-state index in [4.69, 9.17) is 19.3 Å². The molecule has 0 aliphatic heterocycles. The number of hydrogen-bond donors (Lipinski definition) is 4. The Labute approximate surface area is 249 Å². The first kappa shape index (κ1) is 31.7. The van der Waals surface area contributed by atoms with Gasteiger partial charge in [-0.3, -0.25) is 14.6 Å². The number of esters is 1. The lowest BCUT2D eigenvalue weighted by Crippen LogP contribution is -2.53. The SMILES string of the molecule is COC(=O)[C@H](CC(C)C)NC(=O)[C@H](Cc1ccc(OP(=O)(O)O)cc1)NC(=O)OCC1c2ccccc2-c2ccccc21. The van der Waals surface area contributed by atoms with Crippen LogP contribution in [0, 0.1) is 5.92 Å². The Balaban J connectivity index is 1.50. The van der Waals surface area contributed by atoms with Gasteiger partial charge < -0.3 is 24.6 Å². The average molecular weight is 611 g/mol. The zero-order valence-electron chi connectivity index (χ0n) is 24.1. The molecule has 3 aromatic rings. The highest BCUT2D eigenvalue weighted by Gasteiger charge is 2.31. The summed E-state index contributed by atoms with van der Waals surface area (Å²) in [6.07, 6.45) is -0.506. The molecule has 228 valence electrons. The van der Waals surface area contributed by atoms with Gasteiger partial charge >= 0.3 is 19.9 Å². The second-order valence-electron chi connectivity index (χ2n) is 10.7.